The lowest BCUT2D eigenvalue weighted by molar-refractivity contribution is -0.338. The van der Waals surface area contributed by atoms with Crippen LogP contribution in [0.15, 0.2) is 0 Å². The molecule has 0 aromatic carbocycles. The third-order valence-corrected chi connectivity index (χ3v) is 1.59. The highest BCUT2D eigenvalue weighted by molar-refractivity contribution is 4.78. The van der Waals surface area contributed by atoms with Crippen LogP contribution in [0.25, 0.3) is 0 Å². The molecular weight excluding hydrogens is 271 g/mol. The molecule has 0 amide bonds. The third-order valence-electron chi connectivity index (χ3n) is 1.59. The lowest BCUT2D eigenvalue weighted by Gasteiger charge is -2.27. The molecule has 17 heavy (non-hydrogen) atoms. The van der Waals surface area contributed by atoms with Gasteiger partial charge in [-0.2, -0.15) is 30.7 Å². The fourth-order valence-corrected chi connectivity index (χ4v) is 0.790. The summed E-state index contributed by atoms with van der Waals surface area (Å²) in [6.45, 7) is 0.135. The maximum atomic E-state index is 12.4. The van der Waals surface area contributed by atoms with Crippen LogP contribution in [0.4, 0.5) is 39.5 Å². The van der Waals surface area contributed by atoms with E-state index in [9.17, 15) is 39.5 Å². The summed E-state index contributed by atoms with van der Waals surface area (Å²) in [6.07, 6.45) is -20.6. The largest absolute Gasteiger partial charge is 0.397 e. The van der Waals surface area contributed by atoms with Crippen LogP contribution in [0.2, 0.25) is 0 Å². The van der Waals surface area contributed by atoms with Crippen molar-refractivity contribution in [2.75, 3.05) is 0 Å². The molecule has 1 nitrogen and oxygen atoms in total. The molecule has 1 unspecified atom stereocenters. The first-order chi connectivity index (χ1) is 7.28. The summed E-state index contributed by atoms with van der Waals surface area (Å²) >= 11 is 0. The van der Waals surface area contributed by atoms with E-state index >= 15 is 0 Å². The Balaban J connectivity index is 4.62. The SMILES string of the molecule is CC(OC(F)(F)CC(F)(F)F)C(F)(F)C(F)F. The van der Waals surface area contributed by atoms with Crippen LogP contribution in [-0.2, 0) is 4.74 Å². The second-order valence-corrected chi connectivity index (χ2v) is 3.16. The van der Waals surface area contributed by atoms with E-state index in [-0.39, 0.29) is 6.92 Å². The molecule has 0 aromatic heterocycles. The van der Waals surface area contributed by atoms with E-state index in [1.807, 2.05) is 0 Å². The van der Waals surface area contributed by atoms with Gasteiger partial charge >= 0.3 is 24.6 Å². The fraction of sp³-hybridized carbons (Fsp3) is 1.00. The second-order valence-electron chi connectivity index (χ2n) is 3.16. The molecule has 0 bridgehead atoms. The molecule has 0 aliphatic carbocycles. The summed E-state index contributed by atoms with van der Waals surface area (Å²) in [6, 6.07) is 0. The molecule has 0 aromatic rings. The van der Waals surface area contributed by atoms with Gasteiger partial charge in [-0.05, 0) is 6.92 Å². The lowest BCUT2D eigenvalue weighted by Crippen LogP contribution is -2.45. The Morgan fingerprint density at radius 1 is 0.941 bits per heavy atom. The molecule has 0 aliphatic heterocycles. The number of alkyl halides is 9. The smallest absolute Gasteiger partial charge is 0.311 e. The summed E-state index contributed by atoms with van der Waals surface area (Å²) in [4.78, 5) is 0. The fourth-order valence-electron chi connectivity index (χ4n) is 0.790. The first-order valence-corrected chi connectivity index (χ1v) is 4.06. The highest BCUT2D eigenvalue weighted by atomic mass is 19.4. The Morgan fingerprint density at radius 3 is 1.65 bits per heavy atom. The normalized spacial score (nSPS) is 16.4. The van der Waals surface area contributed by atoms with Crippen LogP contribution < -0.4 is 0 Å². The van der Waals surface area contributed by atoms with Crippen LogP contribution in [-0.4, -0.2) is 30.7 Å². The standard InChI is InChI=1S/C7H7F9O/c1-3(7(15,16)4(8)9)17-6(13,14)2-5(10,11)12/h3-4H,2H2,1H3. The molecule has 0 saturated carbocycles. The van der Waals surface area contributed by atoms with Gasteiger partial charge in [-0.15, -0.1) is 0 Å². The number of rotatable bonds is 5. The minimum absolute atomic E-state index is 0.135. The van der Waals surface area contributed by atoms with E-state index in [1.165, 1.54) is 0 Å². The van der Waals surface area contributed by atoms with E-state index in [0.29, 0.717) is 0 Å². The highest BCUT2D eigenvalue weighted by Gasteiger charge is 2.53. The van der Waals surface area contributed by atoms with Crippen molar-refractivity contribution in [2.45, 2.75) is 44.1 Å². The van der Waals surface area contributed by atoms with Crippen molar-refractivity contribution >= 4 is 0 Å². The van der Waals surface area contributed by atoms with Crippen LogP contribution in [0.5, 0.6) is 0 Å². The molecule has 1 atom stereocenters. The summed E-state index contributed by atoms with van der Waals surface area (Å²) in [7, 11) is 0. The van der Waals surface area contributed by atoms with E-state index in [4.69, 9.17) is 0 Å². The average Bonchev–Trinajstić information content (AvgIpc) is 1.97. The summed E-state index contributed by atoms with van der Waals surface area (Å²) in [5.41, 5.74) is 0. The van der Waals surface area contributed by atoms with E-state index in [2.05, 4.69) is 4.74 Å². The number of halogens is 9. The van der Waals surface area contributed by atoms with E-state index in [1.54, 1.807) is 0 Å². The van der Waals surface area contributed by atoms with Crippen molar-refractivity contribution in [3.63, 3.8) is 0 Å². The van der Waals surface area contributed by atoms with Gasteiger partial charge in [0.25, 0.3) is 0 Å². The van der Waals surface area contributed by atoms with Crippen LogP contribution in [0.3, 0.4) is 0 Å². The van der Waals surface area contributed by atoms with E-state index in [0.717, 1.165) is 0 Å². The van der Waals surface area contributed by atoms with Crippen LogP contribution >= 0.6 is 0 Å². The van der Waals surface area contributed by atoms with Gasteiger partial charge in [-0.1, -0.05) is 0 Å². The van der Waals surface area contributed by atoms with Crippen LogP contribution in [0.1, 0.15) is 13.3 Å². The molecule has 0 aliphatic rings. The summed E-state index contributed by atoms with van der Waals surface area (Å²) in [5.74, 6) is -4.96. The molecular formula is C7H7F9O. The number of hydrogen-bond acceptors (Lipinski definition) is 1. The summed E-state index contributed by atoms with van der Waals surface area (Å²) < 4.78 is 111. The Kier molecular flexibility index (Phi) is 4.71. The second kappa shape index (κ2) is 4.91. The van der Waals surface area contributed by atoms with Gasteiger partial charge in [-0.3, -0.25) is 0 Å². The minimum atomic E-state index is -5.37. The van der Waals surface area contributed by atoms with Crippen LogP contribution in [0, 0.1) is 0 Å². The Morgan fingerprint density at radius 2 is 1.35 bits per heavy atom. The predicted octanol–water partition coefficient (Wildman–Crippen LogP) is 3.84. The van der Waals surface area contributed by atoms with Gasteiger partial charge in [0.05, 0.1) is 0 Å². The van der Waals surface area contributed by atoms with Crippen molar-refractivity contribution < 1.29 is 44.3 Å². The molecule has 0 spiro atoms. The van der Waals surface area contributed by atoms with Crippen molar-refractivity contribution in [3.05, 3.63) is 0 Å². The zero-order chi connectivity index (χ0) is 14.1. The van der Waals surface area contributed by atoms with Crippen molar-refractivity contribution in [1.29, 1.82) is 0 Å². The first kappa shape index (κ1) is 16.3. The lowest BCUT2D eigenvalue weighted by atomic mass is 10.2. The Bertz CT molecular complexity index is 246. The minimum Gasteiger partial charge on any atom is -0.311 e. The predicted molar refractivity (Wildman–Crippen MR) is 37.1 cm³/mol. The monoisotopic (exact) mass is 278 g/mol. The van der Waals surface area contributed by atoms with Gasteiger partial charge in [0, 0.05) is 0 Å². The Hall–Kier alpha value is -0.670. The summed E-state index contributed by atoms with van der Waals surface area (Å²) in [5, 5.41) is 0. The van der Waals surface area contributed by atoms with Gasteiger partial charge < -0.3 is 4.74 Å². The third kappa shape index (κ3) is 5.46. The van der Waals surface area contributed by atoms with Gasteiger partial charge in [0.15, 0.2) is 0 Å². The molecule has 0 saturated heterocycles. The molecule has 10 heteroatoms. The molecule has 0 heterocycles. The van der Waals surface area contributed by atoms with Crippen molar-refractivity contribution in [3.8, 4) is 0 Å². The molecule has 0 N–H and O–H groups in total. The molecule has 104 valence electrons. The van der Waals surface area contributed by atoms with Crippen molar-refractivity contribution in [2.24, 2.45) is 0 Å². The van der Waals surface area contributed by atoms with Gasteiger partial charge in [-0.25, -0.2) is 8.78 Å². The molecule has 0 rings (SSSR count). The molecule has 0 fully saturated rings. The maximum Gasteiger partial charge on any atom is 0.397 e. The average molecular weight is 278 g/mol. The van der Waals surface area contributed by atoms with Gasteiger partial charge in [0.1, 0.15) is 12.5 Å². The zero-order valence-corrected chi connectivity index (χ0v) is 8.17. The highest BCUT2D eigenvalue weighted by Crippen LogP contribution is 2.37. The van der Waals surface area contributed by atoms with Gasteiger partial charge in [0.2, 0.25) is 0 Å². The number of ether oxygens (including phenoxy) is 1. The topological polar surface area (TPSA) is 9.23 Å². The quantitative estimate of drug-likeness (QED) is 0.694. The van der Waals surface area contributed by atoms with E-state index < -0.39 is 37.2 Å². The Labute approximate surface area is 89.5 Å². The molecule has 0 radical (unpaired) electrons. The zero-order valence-electron chi connectivity index (χ0n) is 8.17. The first-order valence-electron chi connectivity index (χ1n) is 4.06. The van der Waals surface area contributed by atoms with Crippen molar-refractivity contribution in [1.82, 2.24) is 0 Å². The maximum absolute atomic E-state index is 12.4. The number of hydrogen-bond donors (Lipinski definition) is 0.